The number of carboxylic acids is 1. The van der Waals surface area contributed by atoms with Crippen LogP contribution < -0.4 is 4.57 Å². The zero-order valence-electron chi connectivity index (χ0n) is 14.2. The number of aromatic carboxylic acids is 1. The Kier molecular flexibility index (Phi) is 6.39. The van der Waals surface area contributed by atoms with Gasteiger partial charge in [0, 0.05) is 6.42 Å². The Morgan fingerprint density at radius 2 is 1.87 bits per heavy atom. The number of hydrogen-bond donors (Lipinski definition) is 1. The van der Waals surface area contributed by atoms with Crippen LogP contribution in [0.2, 0.25) is 0 Å². The summed E-state index contributed by atoms with van der Waals surface area (Å²) >= 11 is 0. The van der Waals surface area contributed by atoms with Crippen molar-refractivity contribution < 1.29 is 14.5 Å². The summed E-state index contributed by atoms with van der Waals surface area (Å²) in [6, 6.07) is 7.17. The zero-order valence-corrected chi connectivity index (χ0v) is 14.2. The van der Waals surface area contributed by atoms with Crippen molar-refractivity contribution in [3.8, 4) is 0 Å². The average molecular weight is 315 g/mol. The second-order valence-electron chi connectivity index (χ2n) is 5.99. The number of hydrogen-bond acceptors (Lipinski definition) is 1. The summed E-state index contributed by atoms with van der Waals surface area (Å²) in [5.41, 5.74) is 1.47. The number of imidazole rings is 1. The summed E-state index contributed by atoms with van der Waals surface area (Å²) in [5.74, 6) is 0.487. The molecule has 0 saturated carbocycles. The third kappa shape index (κ3) is 4.68. The summed E-state index contributed by atoms with van der Waals surface area (Å²) in [7, 11) is 0. The number of carboxylic acid groups (broad SMARTS) is 1. The molecule has 0 bridgehead atoms. The molecule has 124 valence electrons. The average Bonchev–Trinajstić information content (AvgIpc) is 2.91. The quantitative estimate of drug-likeness (QED) is 0.567. The summed E-state index contributed by atoms with van der Waals surface area (Å²) < 4.78 is 4.64. The molecule has 0 fully saturated rings. The van der Waals surface area contributed by atoms with Gasteiger partial charge in [0.1, 0.15) is 18.9 Å². The Labute approximate surface area is 138 Å². The van der Waals surface area contributed by atoms with E-state index in [0.717, 1.165) is 31.5 Å². The van der Waals surface area contributed by atoms with Crippen LogP contribution in [0, 0.1) is 0 Å². The van der Waals surface area contributed by atoms with Crippen molar-refractivity contribution >= 4 is 5.97 Å². The number of rotatable bonds is 9. The lowest BCUT2D eigenvalue weighted by Crippen LogP contribution is -2.37. The molecular weight excluding hydrogens is 288 g/mol. The molecule has 0 aliphatic carbocycles. The molecular formula is C19H27N2O2+. The summed E-state index contributed by atoms with van der Waals surface area (Å²) in [6.45, 7) is 6.26. The van der Waals surface area contributed by atoms with Crippen LogP contribution in [0.15, 0.2) is 36.7 Å². The standard InChI is InChI=1S/C19H26N2O2/c1-3-5-6-7-18-20(12-4-2)13-14-21(18)15-16-8-10-17(11-9-16)19(22)23/h8-11,13-14H,3-7,12,15H2,1-2H3/p+1. The minimum absolute atomic E-state index is 0.338. The largest absolute Gasteiger partial charge is 0.478 e. The lowest BCUT2D eigenvalue weighted by molar-refractivity contribution is -0.695. The van der Waals surface area contributed by atoms with E-state index in [2.05, 4.69) is 35.4 Å². The van der Waals surface area contributed by atoms with E-state index in [9.17, 15) is 4.79 Å². The summed E-state index contributed by atoms with van der Waals surface area (Å²) in [4.78, 5) is 10.9. The number of nitrogens with zero attached hydrogens (tertiary/aromatic N) is 2. The van der Waals surface area contributed by atoms with E-state index in [1.54, 1.807) is 12.1 Å². The first-order chi connectivity index (χ1) is 11.2. The number of unbranched alkanes of at least 4 members (excludes halogenated alkanes) is 2. The van der Waals surface area contributed by atoms with Crippen molar-refractivity contribution in [2.24, 2.45) is 0 Å². The molecule has 0 radical (unpaired) electrons. The van der Waals surface area contributed by atoms with Crippen LogP contribution >= 0.6 is 0 Å². The molecule has 0 amide bonds. The monoisotopic (exact) mass is 315 g/mol. The number of carbonyl (C=O) groups is 1. The Morgan fingerprint density at radius 3 is 2.48 bits per heavy atom. The Hall–Kier alpha value is -2.10. The first kappa shape index (κ1) is 17.3. The van der Waals surface area contributed by atoms with Crippen LogP contribution in [0.25, 0.3) is 0 Å². The molecule has 1 heterocycles. The van der Waals surface area contributed by atoms with Crippen molar-refractivity contribution in [1.82, 2.24) is 4.57 Å². The fourth-order valence-electron chi connectivity index (χ4n) is 2.86. The van der Waals surface area contributed by atoms with Crippen LogP contribution in [-0.4, -0.2) is 15.6 Å². The van der Waals surface area contributed by atoms with E-state index in [-0.39, 0.29) is 0 Å². The van der Waals surface area contributed by atoms with E-state index in [4.69, 9.17) is 5.11 Å². The van der Waals surface area contributed by atoms with Crippen LogP contribution in [0.5, 0.6) is 0 Å². The van der Waals surface area contributed by atoms with Gasteiger partial charge in [0.15, 0.2) is 0 Å². The first-order valence-corrected chi connectivity index (χ1v) is 8.55. The lowest BCUT2D eigenvalue weighted by atomic mass is 10.1. The van der Waals surface area contributed by atoms with Gasteiger partial charge >= 0.3 is 5.97 Å². The molecule has 0 atom stereocenters. The highest BCUT2D eigenvalue weighted by Crippen LogP contribution is 2.08. The lowest BCUT2D eigenvalue weighted by Gasteiger charge is -2.05. The van der Waals surface area contributed by atoms with Crippen LogP contribution in [0.4, 0.5) is 0 Å². The second-order valence-corrected chi connectivity index (χ2v) is 5.99. The predicted molar refractivity (Wildman–Crippen MR) is 90.7 cm³/mol. The molecule has 0 saturated heterocycles. The minimum atomic E-state index is -0.876. The van der Waals surface area contributed by atoms with E-state index >= 15 is 0 Å². The first-order valence-electron chi connectivity index (χ1n) is 8.55. The molecule has 23 heavy (non-hydrogen) atoms. The van der Waals surface area contributed by atoms with Gasteiger partial charge in [0.2, 0.25) is 0 Å². The van der Waals surface area contributed by atoms with Gasteiger partial charge in [-0.25, -0.2) is 13.9 Å². The fourth-order valence-corrected chi connectivity index (χ4v) is 2.86. The van der Waals surface area contributed by atoms with Gasteiger partial charge in [-0.1, -0.05) is 38.8 Å². The van der Waals surface area contributed by atoms with Crippen molar-refractivity contribution in [1.29, 1.82) is 0 Å². The van der Waals surface area contributed by atoms with Gasteiger partial charge in [-0.3, -0.25) is 0 Å². The van der Waals surface area contributed by atoms with E-state index < -0.39 is 5.97 Å². The van der Waals surface area contributed by atoms with Crippen molar-refractivity contribution in [3.05, 3.63) is 53.6 Å². The maximum absolute atomic E-state index is 10.9. The summed E-state index contributed by atoms with van der Waals surface area (Å²) in [6.07, 6.45) is 10.2. The van der Waals surface area contributed by atoms with Gasteiger partial charge in [-0.2, -0.15) is 0 Å². The maximum atomic E-state index is 10.9. The smallest absolute Gasteiger partial charge is 0.335 e. The molecule has 1 N–H and O–H groups in total. The van der Waals surface area contributed by atoms with Crippen molar-refractivity contribution in [2.75, 3.05) is 0 Å². The highest BCUT2D eigenvalue weighted by atomic mass is 16.4. The second kappa shape index (κ2) is 8.51. The predicted octanol–water partition coefficient (Wildman–Crippen LogP) is 3.66. The van der Waals surface area contributed by atoms with Gasteiger partial charge in [-0.05, 0) is 30.5 Å². The zero-order chi connectivity index (χ0) is 16.7. The van der Waals surface area contributed by atoms with Crippen LogP contribution in [-0.2, 0) is 19.5 Å². The van der Waals surface area contributed by atoms with Crippen molar-refractivity contribution in [3.63, 3.8) is 0 Å². The van der Waals surface area contributed by atoms with Crippen LogP contribution in [0.1, 0.15) is 61.3 Å². The molecule has 0 unspecified atom stereocenters. The number of aromatic nitrogens is 2. The molecule has 1 aromatic heterocycles. The molecule has 0 aliphatic heterocycles. The normalized spacial score (nSPS) is 10.9. The van der Waals surface area contributed by atoms with Crippen molar-refractivity contribution in [2.45, 2.75) is 59.0 Å². The third-order valence-electron chi connectivity index (χ3n) is 4.11. The van der Waals surface area contributed by atoms with Crippen LogP contribution in [0.3, 0.4) is 0 Å². The molecule has 4 heteroatoms. The number of benzene rings is 1. The topological polar surface area (TPSA) is 46.1 Å². The molecule has 0 aliphatic rings. The maximum Gasteiger partial charge on any atom is 0.335 e. The van der Waals surface area contributed by atoms with Gasteiger partial charge < -0.3 is 5.11 Å². The SMILES string of the molecule is CCCCCc1n(CCC)cc[n+]1Cc1ccc(C(=O)O)cc1. The van der Waals surface area contributed by atoms with Gasteiger partial charge in [0.05, 0.1) is 12.1 Å². The number of aryl methyl sites for hydroxylation is 1. The van der Waals surface area contributed by atoms with Gasteiger partial charge in [0.25, 0.3) is 5.82 Å². The van der Waals surface area contributed by atoms with E-state index in [0.29, 0.717) is 5.56 Å². The molecule has 2 aromatic rings. The molecule has 2 rings (SSSR count). The highest BCUT2D eigenvalue weighted by Gasteiger charge is 2.16. The van der Waals surface area contributed by atoms with E-state index in [1.165, 1.54) is 25.1 Å². The minimum Gasteiger partial charge on any atom is -0.478 e. The van der Waals surface area contributed by atoms with Gasteiger partial charge in [-0.15, -0.1) is 0 Å². The molecule has 0 spiro atoms. The fraction of sp³-hybridized carbons (Fsp3) is 0.474. The molecule has 4 nitrogen and oxygen atoms in total. The van der Waals surface area contributed by atoms with E-state index in [1.807, 2.05) is 12.1 Å². The molecule has 1 aromatic carbocycles. The highest BCUT2D eigenvalue weighted by molar-refractivity contribution is 5.87. The Balaban J connectivity index is 2.15. The summed E-state index contributed by atoms with van der Waals surface area (Å²) in [5, 5.41) is 8.98. The Bertz CT molecular complexity index is 629. The Morgan fingerprint density at radius 1 is 1.13 bits per heavy atom. The third-order valence-corrected chi connectivity index (χ3v) is 4.11.